The molecule has 0 aliphatic rings. The molecule has 0 spiro atoms. The van der Waals surface area contributed by atoms with Crippen molar-refractivity contribution in [2.45, 2.75) is 6.61 Å². The summed E-state index contributed by atoms with van der Waals surface area (Å²) in [7, 11) is 0. The van der Waals surface area contributed by atoms with Gasteiger partial charge in [-0.2, -0.15) is 10.5 Å². The van der Waals surface area contributed by atoms with Gasteiger partial charge in [0.15, 0.2) is 0 Å². The molecule has 0 fully saturated rings. The van der Waals surface area contributed by atoms with Crippen LogP contribution in [0.1, 0.15) is 5.56 Å². The van der Waals surface area contributed by atoms with Gasteiger partial charge in [0.2, 0.25) is 0 Å². The molecule has 0 saturated carbocycles. The van der Waals surface area contributed by atoms with Crippen molar-refractivity contribution in [1.29, 1.82) is 10.5 Å². The average Bonchev–Trinajstić information content (AvgIpc) is 2.39. The van der Waals surface area contributed by atoms with Gasteiger partial charge in [0.1, 0.15) is 24.5 Å². The second-order valence-electron chi connectivity index (χ2n) is 3.16. The predicted octanol–water partition coefficient (Wildman–Crippen LogP) is 2.15. The Labute approximate surface area is 100 Å². The van der Waals surface area contributed by atoms with Crippen molar-refractivity contribution < 1.29 is 9.47 Å². The van der Waals surface area contributed by atoms with Crippen LogP contribution < -0.4 is 0 Å². The normalized spacial score (nSPS) is 9.06. The highest BCUT2D eigenvalue weighted by atomic mass is 16.7. The lowest BCUT2D eigenvalue weighted by Gasteiger charge is -2.03. The van der Waals surface area contributed by atoms with Crippen LogP contribution in [0.5, 0.6) is 0 Å². The summed E-state index contributed by atoms with van der Waals surface area (Å²) >= 11 is 0. The molecule has 4 nitrogen and oxygen atoms in total. The molecule has 0 aliphatic heterocycles. The average molecular weight is 228 g/mol. The van der Waals surface area contributed by atoms with Crippen LogP contribution in [0.4, 0.5) is 0 Å². The van der Waals surface area contributed by atoms with E-state index in [0.29, 0.717) is 6.61 Å². The quantitative estimate of drug-likeness (QED) is 0.425. The zero-order chi connectivity index (χ0) is 12.3. The highest BCUT2D eigenvalue weighted by molar-refractivity contribution is 5.34. The molecule has 1 rings (SSSR count). The number of benzene rings is 1. The predicted molar refractivity (Wildman–Crippen MR) is 61.4 cm³/mol. The van der Waals surface area contributed by atoms with Crippen LogP contribution >= 0.6 is 0 Å². The van der Waals surface area contributed by atoms with Gasteiger partial charge < -0.3 is 9.47 Å². The fourth-order valence-corrected chi connectivity index (χ4v) is 1.10. The molecule has 0 radical (unpaired) electrons. The Balaban J connectivity index is 2.12. The third kappa shape index (κ3) is 5.48. The Bertz CT molecular complexity index is 425. The zero-order valence-electron chi connectivity index (χ0n) is 9.30. The molecule has 0 bridgehead atoms. The lowest BCUT2D eigenvalue weighted by molar-refractivity contribution is -0.0520. The highest BCUT2D eigenvalue weighted by Gasteiger charge is 1.92. The number of nitriles is 2. The second-order valence-corrected chi connectivity index (χ2v) is 3.16. The largest absolute Gasteiger partial charge is 0.351 e. The Morgan fingerprint density at radius 1 is 1.12 bits per heavy atom. The monoisotopic (exact) mass is 228 g/mol. The van der Waals surface area contributed by atoms with E-state index in [1.807, 2.05) is 30.3 Å². The smallest absolute Gasteiger partial charge is 0.147 e. The summed E-state index contributed by atoms with van der Waals surface area (Å²) in [6.45, 7) is 0.814. The number of ether oxygens (including phenoxy) is 2. The summed E-state index contributed by atoms with van der Waals surface area (Å²) in [5, 5.41) is 16.9. The molecule has 17 heavy (non-hydrogen) atoms. The molecule has 0 unspecified atom stereocenters. The van der Waals surface area contributed by atoms with Crippen LogP contribution in [-0.2, 0) is 16.1 Å². The summed E-state index contributed by atoms with van der Waals surface area (Å²) < 4.78 is 10.3. The molecule has 0 heterocycles. The maximum absolute atomic E-state index is 8.45. The van der Waals surface area contributed by atoms with Gasteiger partial charge in [-0.05, 0) is 11.6 Å². The van der Waals surface area contributed by atoms with Gasteiger partial charge in [0.05, 0.1) is 13.2 Å². The maximum Gasteiger partial charge on any atom is 0.147 e. The lowest BCUT2D eigenvalue weighted by Crippen LogP contribution is -2.00. The van der Waals surface area contributed by atoms with Crippen molar-refractivity contribution in [2.24, 2.45) is 0 Å². The number of hydrogen-bond donors (Lipinski definition) is 0. The van der Waals surface area contributed by atoms with Crippen LogP contribution in [0, 0.1) is 22.7 Å². The summed E-state index contributed by atoms with van der Waals surface area (Å²) in [5.74, 6) is 0. The van der Waals surface area contributed by atoms with Crippen molar-refractivity contribution in [1.82, 2.24) is 0 Å². The van der Waals surface area contributed by atoms with Crippen LogP contribution in [0.15, 0.2) is 42.0 Å². The number of allylic oxidation sites excluding steroid dienone is 1. The molecule has 0 amide bonds. The van der Waals surface area contributed by atoms with E-state index in [-0.39, 0.29) is 19.0 Å². The van der Waals surface area contributed by atoms with E-state index in [1.54, 1.807) is 12.1 Å². The first kappa shape index (κ1) is 12.9. The highest BCUT2D eigenvalue weighted by Crippen LogP contribution is 2.00. The molecule has 0 saturated heterocycles. The topological polar surface area (TPSA) is 66.0 Å². The molecular weight excluding hydrogens is 216 g/mol. The van der Waals surface area contributed by atoms with Crippen molar-refractivity contribution in [3.05, 3.63) is 47.5 Å². The van der Waals surface area contributed by atoms with E-state index in [9.17, 15) is 0 Å². The molecular formula is C13H12N2O2. The summed E-state index contributed by atoms with van der Waals surface area (Å²) in [4.78, 5) is 0. The Kier molecular flexibility index (Phi) is 6.13. The minimum absolute atomic E-state index is 0.0491. The zero-order valence-corrected chi connectivity index (χ0v) is 9.30. The van der Waals surface area contributed by atoms with E-state index in [0.717, 1.165) is 5.56 Å². The van der Waals surface area contributed by atoms with Crippen molar-refractivity contribution in [2.75, 3.05) is 13.4 Å². The van der Waals surface area contributed by atoms with Crippen molar-refractivity contribution in [3.63, 3.8) is 0 Å². The van der Waals surface area contributed by atoms with E-state index < -0.39 is 0 Å². The van der Waals surface area contributed by atoms with Crippen molar-refractivity contribution in [3.8, 4) is 12.1 Å². The van der Waals surface area contributed by atoms with Gasteiger partial charge in [-0.1, -0.05) is 30.3 Å². The fourth-order valence-electron chi connectivity index (χ4n) is 1.10. The Morgan fingerprint density at radius 3 is 2.47 bits per heavy atom. The van der Waals surface area contributed by atoms with Crippen LogP contribution in [0.3, 0.4) is 0 Å². The first-order valence-corrected chi connectivity index (χ1v) is 5.06. The second kappa shape index (κ2) is 8.06. The first-order chi connectivity index (χ1) is 8.36. The number of hydrogen-bond acceptors (Lipinski definition) is 4. The van der Waals surface area contributed by atoms with Crippen LogP contribution in [-0.4, -0.2) is 13.4 Å². The Morgan fingerprint density at radius 2 is 1.82 bits per heavy atom. The molecule has 0 atom stereocenters. The maximum atomic E-state index is 8.45. The standard InChI is InChI=1S/C13H12N2O2/c14-8-13(9-15)6-7-16-11-17-10-12-4-2-1-3-5-12/h1-6H,7,10-11H2. The van der Waals surface area contributed by atoms with E-state index >= 15 is 0 Å². The third-order valence-electron chi connectivity index (χ3n) is 1.92. The van der Waals surface area contributed by atoms with Gasteiger partial charge in [-0.25, -0.2) is 0 Å². The number of rotatable bonds is 6. The minimum Gasteiger partial charge on any atom is -0.351 e. The minimum atomic E-state index is 0.0491. The fraction of sp³-hybridized carbons (Fsp3) is 0.231. The van der Waals surface area contributed by atoms with Gasteiger partial charge in [0, 0.05) is 0 Å². The summed E-state index contributed by atoms with van der Waals surface area (Å²) in [5.41, 5.74) is 1.12. The third-order valence-corrected chi connectivity index (χ3v) is 1.92. The van der Waals surface area contributed by atoms with Crippen LogP contribution in [0.2, 0.25) is 0 Å². The van der Waals surface area contributed by atoms with E-state index in [1.165, 1.54) is 6.08 Å². The van der Waals surface area contributed by atoms with Gasteiger partial charge in [0.25, 0.3) is 0 Å². The number of nitrogens with zero attached hydrogens (tertiary/aromatic N) is 2. The van der Waals surface area contributed by atoms with Gasteiger partial charge in [-0.3, -0.25) is 0 Å². The Hall–Kier alpha value is -2.14. The molecule has 0 aromatic heterocycles. The molecule has 0 N–H and O–H groups in total. The molecule has 1 aromatic carbocycles. The van der Waals surface area contributed by atoms with Crippen LogP contribution in [0.25, 0.3) is 0 Å². The van der Waals surface area contributed by atoms with Crippen molar-refractivity contribution >= 4 is 0 Å². The molecule has 0 aliphatic carbocycles. The molecule has 86 valence electrons. The van der Waals surface area contributed by atoms with E-state index in [4.69, 9.17) is 20.0 Å². The van der Waals surface area contributed by atoms with Gasteiger partial charge >= 0.3 is 0 Å². The first-order valence-electron chi connectivity index (χ1n) is 5.06. The SMILES string of the molecule is N#CC(C#N)=CCOCOCc1ccccc1. The summed E-state index contributed by atoms with van der Waals surface area (Å²) in [6, 6.07) is 13.2. The molecule has 4 heteroatoms. The lowest BCUT2D eigenvalue weighted by atomic mass is 10.2. The molecule has 1 aromatic rings. The summed E-state index contributed by atoms with van der Waals surface area (Å²) in [6.07, 6.45) is 1.42. The van der Waals surface area contributed by atoms with E-state index in [2.05, 4.69) is 0 Å². The van der Waals surface area contributed by atoms with Gasteiger partial charge in [-0.15, -0.1) is 0 Å².